The number of hydrogen-bond acceptors (Lipinski definition) is 5. The molecule has 0 unspecified atom stereocenters. The number of nitrogens with zero attached hydrogens (tertiary/aromatic N) is 5. The number of carbonyl (C=O) groups excluding carboxylic acids is 1. The second kappa shape index (κ2) is 8.79. The molecule has 0 aliphatic rings. The molecule has 0 saturated heterocycles. The SMILES string of the molecule is Cc1cc(Cl)ccc1OCn1ccc(C(=O)Nc2ncn(Cc3ccccc3)n2)n1. The Bertz CT molecular complexity index is 1160. The third kappa shape index (κ3) is 4.84. The van der Waals surface area contributed by atoms with Crippen LogP contribution in [-0.2, 0) is 13.3 Å². The van der Waals surface area contributed by atoms with E-state index in [2.05, 4.69) is 20.5 Å². The van der Waals surface area contributed by atoms with Crippen LogP contribution in [0.3, 0.4) is 0 Å². The summed E-state index contributed by atoms with van der Waals surface area (Å²) in [6, 6.07) is 16.9. The molecule has 1 amide bonds. The largest absolute Gasteiger partial charge is 0.471 e. The molecule has 1 N–H and O–H groups in total. The van der Waals surface area contributed by atoms with Crippen LogP contribution in [-0.4, -0.2) is 30.5 Å². The Morgan fingerprint density at radius 1 is 1.10 bits per heavy atom. The Kier molecular flexibility index (Phi) is 5.76. The fraction of sp³-hybridized carbons (Fsp3) is 0.143. The normalized spacial score (nSPS) is 10.7. The quantitative estimate of drug-likeness (QED) is 0.490. The lowest BCUT2D eigenvalue weighted by Gasteiger charge is -2.09. The number of carbonyl (C=O) groups is 1. The van der Waals surface area contributed by atoms with E-state index in [0.29, 0.717) is 17.3 Å². The molecule has 2 aromatic heterocycles. The van der Waals surface area contributed by atoms with E-state index in [4.69, 9.17) is 16.3 Å². The molecular weight excluding hydrogens is 404 g/mol. The lowest BCUT2D eigenvalue weighted by atomic mass is 10.2. The van der Waals surface area contributed by atoms with Crippen molar-refractivity contribution in [2.24, 2.45) is 0 Å². The zero-order chi connectivity index (χ0) is 20.9. The number of hydrogen-bond donors (Lipinski definition) is 1. The van der Waals surface area contributed by atoms with Gasteiger partial charge in [-0.1, -0.05) is 41.9 Å². The summed E-state index contributed by atoms with van der Waals surface area (Å²) in [6.45, 7) is 2.65. The maximum atomic E-state index is 12.4. The van der Waals surface area contributed by atoms with Gasteiger partial charge in [0.2, 0.25) is 5.95 Å². The highest BCUT2D eigenvalue weighted by atomic mass is 35.5. The molecule has 0 atom stereocenters. The molecule has 0 aliphatic carbocycles. The average molecular weight is 423 g/mol. The second-order valence-electron chi connectivity index (χ2n) is 6.63. The van der Waals surface area contributed by atoms with Crippen LogP contribution in [0.5, 0.6) is 5.75 Å². The molecule has 0 spiro atoms. The van der Waals surface area contributed by atoms with Crippen molar-refractivity contribution in [3.8, 4) is 5.75 Å². The summed E-state index contributed by atoms with van der Waals surface area (Å²) in [7, 11) is 0. The van der Waals surface area contributed by atoms with Crippen LogP contribution >= 0.6 is 11.6 Å². The number of ether oxygens (including phenoxy) is 1. The molecule has 0 saturated carbocycles. The maximum Gasteiger partial charge on any atom is 0.278 e. The maximum absolute atomic E-state index is 12.4. The van der Waals surface area contributed by atoms with Crippen molar-refractivity contribution in [1.82, 2.24) is 24.5 Å². The standard InChI is InChI=1S/C21H19ClN6O2/c1-15-11-17(22)7-8-19(15)30-14-27-10-9-18(25-27)20(29)24-21-23-13-28(26-21)12-16-5-3-2-4-6-16/h2-11,13H,12,14H2,1H3,(H,24,26,29). The number of nitrogens with one attached hydrogen (secondary N) is 1. The van der Waals surface area contributed by atoms with Gasteiger partial charge in [0.15, 0.2) is 12.4 Å². The molecule has 0 aliphatic heterocycles. The van der Waals surface area contributed by atoms with E-state index in [1.165, 1.54) is 4.68 Å². The summed E-state index contributed by atoms with van der Waals surface area (Å²) in [6.07, 6.45) is 3.24. The summed E-state index contributed by atoms with van der Waals surface area (Å²) >= 11 is 5.95. The first kappa shape index (κ1) is 19.7. The molecule has 4 aromatic rings. The number of halogens is 1. The fourth-order valence-electron chi connectivity index (χ4n) is 2.83. The third-order valence-electron chi connectivity index (χ3n) is 4.31. The first-order valence-corrected chi connectivity index (χ1v) is 9.62. The minimum atomic E-state index is -0.395. The summed E-state index contributed by atoms with van der Waals surface area (Å²) in [5, 5.41) is 11.8. The van der Waals surface area contributed by atoms with Gasteiger partial charge < -0.3 is 4.74 Å². The zero-order valence-electron chi connectivity index (χ0n) is 16.2. The van der Waals surface area contributed by atoms with E-state index >= 15 is 0 Å². The van der Waals surface area contributed by atoms with Gasteiger partial charge in [0.25, 0.3) is 5.91 Å². The molecule has 4 rings (SSSR count). The number of rotatable bonds is 7. The fourth-order valence-corrected chi connectivity index (χ4v) is 3.06. The van der Waals surface area contributed by atoms with Crippen LogP contribution in [0.4, 0.5) is 5.95 Å². The number of amides is 1. The minimum Gasteiger partial charge on any atom is -0.471 e. The topological polar surface area (TPSA) is 86.9 Å². The molecule has 0 radical (unpaired) electrons. The molecule has 2 heterocycles. The van der Waals surface area contributed by atoms with Crippen molar-refractivity contribution in [2.45, 2.75) is 20.2 Å². The Balaban J connectivity index is 1.34. The van der Waals surface area contributed by atoms with E-state index in [1.807, 2.05) is 43.3 Å². The predicted molar refractivity (Wildman–Crippen MR) is 113 cm³/mol. The average Bonchev–Trinajstić information content (AvgIpc) is 3.38. The van der Waals surface area contributed by atoms with Crippen molar-refractivity contribution in [3.63, 3.8) is 0 Å². The first-order valence-electron chi connectivity index (χ1n) is 9.24. The number of aromatic nitrogens is 5. The molecule has 152 valence electrons. The Hall–Kier alpha value is -3.65. The Morgan fingerprint density at radius 3 is 2.73 bits per heavy atom. The molecule has 2 aromatic carbocycles. The highest BCUT2D eigenvalue weighted by molar-refractivity contribution is 6.30. The van der Waals surface area contributed by atoms with E-state index in [-0.39, 0.29) is 18.4 Å². The van der Waals surface area contributed by atoms with Crippen LogP contribution in [0.2, 0.25) is 5.02 Å². The lowest BCUT2D eigenvalue weighted by Crippen LogP contribution is -2.15. The van der Waals surface area contributed by atoms with Crippen molar-refractivity contribution in [3.05, 3.63) is 89.0 Å². The van der Waals surface area contributed by atoms with Crippen LogP contribution < -0.4 is 10.1 Å². The van der Waals surface area contributed by atoms with Gasteiger partial charge in [-0.15, -0.1) is 5.10 Å². The van der Waals surface area contributed by atoms with Crippen LogP contribution in [0.15, 0.2) is 67.1 Å². The molecule has 0 fully saturated rings. The second-order valence-corrected chi connectivity index (χ2v) is 7.07. The van der Waals surface area contributed by atoms with Gasteiger partial charge in [0.05, 0.1) is 6.54 Å². The van der Waals surface area contributed by atoms with Crippen molar-refractivity contribution >= 4 is 23.5 Å². The Labute approximate surface area is 178 Å². The summed E-state index contributed by atoms with van der Waals surface area (Å²) in [5.41, 5.74) is 2.26. The van der Waals surface area contributed by atoms with Gasteiger partial charge in [-0.3, -0.25) is 10.1 Å². The Morgan fingerprint density at radius 2 is 1.93 bits per heavy atom. The number of aryl methyl sites for hydroxylation is 1. The van der Waals surface area contributed by atoms with Crippen molar-refractivity contribution < 1.29 is 9.53 Å². The van der Waals surface area contributed by atoms with Gasteiger partial charge in [0, 0.05) is 11.2 Å². The predicted octanol–water partition coefficient (Wildman–Crippen LogP) is 3.77. The van der Waals surface area contributed by atoms with E-state index < -0.39 is 5.91 Å². The van der Waals surface area contributed by atoms with Gasteiger partial charge in [-0.2, -0.15) is 5.10 Å². The molecule has 0 bridgehead atoms. The van der Waals surface area contributed by atoms with Gasteiger partial charge >= 0.3 is 0 Å². The summed E-state index contributed by atoms with van der Waals surface area (Å²) in [4.78, 5) is 16.6. The summed E-state index contributed by atoms with van der Waals surface area (Å²) in [5.74, 6) is 0.529. The van der Waals surface area contributed by atoms with Gasteiger partial charge in [-0.05, 0) is 42.3 Å². The van der Waals surface area contributed by atoms with Crippen LogP contribution in [0.25, 0.3) is 0 Å². The highest BCUT2D eigenvalue weighted by Crippen LogP contribution is 2.22. The van der Waals surface area contributed by atoms with Crippen molar-refractivity contribution in [2.75, 3.05) is 5.32 Å². The van der Waals surface area contributed by atoms with Crippen LogP contribution in [0.1, 0.15) is 21.6 Å². The van der Waals surface area contributed by atoms with E-state index in [0.717, 1.165) is 11.1 Å². The molecule has 8 nitrogen and oxygen atoms in total. The van der Waals surface area contributed by atoms with E-state index in [1.54, 1.807) is 35.4 Å². The van der Waals surface area contributed by atoms with Crippen LogP contribution in [0, 0.1) is 6.92 Å². The zero-order valence-corrected chi connectivity index (χ0v) is 17.0. The van der Waals surface area contributed by atoms with Crippen molar-refractivity contribution in [1.29, 1.82) is 0 Å². The van der Waals surface area contributed by atoms with Gasteiger partial charge in [-0.25, -0.2) is 14.3 Å². The lowest BCUT2D eigenvalue weighted by molar-refractivity contribution is 0.101. The van der Waals surface area contributed by atoms with Gasteiger partial charge in [0.1, 0.15) is 12.1 Å². The molecule has 30 heavy (non-hydrogen) atoms. The van der Waals surface area contributed by atoms with E-state index in [9.17, 15) is 4.79 Å². The smallest absolute Gasteiger partial charge is 0.278 e. The molecule has 9 heteroatoms. The first-order chi connectivity index (χ1) is 14.6. The number of anilines is 1. The third-order valence-corrected chi connectivity index (χ3v) is 4.55. The monoisotopic (exact) mass is 422 g/mol. The summed E-state index contributed by atoms with van der Waals surface area (Å²) < 4.78 is 8.92. The number of benzene rings is 2. The molecular formula is C21H19ClN6O2. The minimum absolute atomic E-state index is 0.166. The highest BCUT2D eigenvalue weighted by Gasteiger charge is 2.13.